The maximum atomic E-state index is 11.6. The summed E-state index contributed by atoms with van der Waals surface area (Å²) in [6.45, 7) is 7.27. The molecule has 120 valence electrons. The molecule has 1 aliphatic heterocycles. The maximum absolute atomic E-state index is 11.6. The second kappa shape index (κ2) is 6.23. The number of aryl methyl sites for hydroxylation is 1. The van der Waals surface area contributed by atoms with E-state index in [0.717, 1.165) is 5.69 Å². The summed E-state index contributed by atoms with van der Waals surface area (Å²) in [5, 5.41) is 9.27. The summed E-state index contributed by atoms with van der Waals surface area (Å²) < 4.78 is 25.9. The zero-order valence-corrected chi connectivity index (χ0v) is 14.2. The molecule has 1 fully saturated rings. The quantitative estimate of drug-likeness (QED) is 0.902. The van der Waals surface area contributed by atoms with Crippen molar-refractivity contribution in [2.75, 3.05) is 24.2 Å². The minimum Gasteiger partial charge on any atom is -0.354 e. The van der Waals surface area contributed by atoms with Crippen molar-refractivity contribution in [1.29, 1.82) is 5.26 Å². The Morgan fingerprint density at radius 3 is 2.64 bits per heavy atom. The number of hydrogen-bond acceptors (Lipinski definition) is 5. The highest BCUT2D eigenvalue weighted by molar-refractivity contribution is 7.88. The third kappa shape index (κ3) is 3.76. The minimum atomic E-state index is -3.27. The van der Waals surface area contributed by atoms with Crippen molar-refractivity contribution >= 4 is 15.8 Å². The van der Waals surface area contributed by atoms with Gasteiger partial charge in [0.05, 0.1) is 11.8 Å². The topological polar surface area (TPSA) is 86.1 Å². The maximum Gasteiger partial charge on any atom is 0.209 e. The van der Waals surface area contributed by atoms with Crippen LogP contribution in [0.25, 0.3) is 0 Å². The number of hydrogen-bond donors (Lipinski definition) is 1. The fourth-order valence-corrected chi connectivity index (χ4v) is 3.75. The molecule has 2 atom stereocenters. The SMILES string of the molecule is Cc1ccc(C#N)c(N2C[C@@H](NS(C)(=O)=O)[C@H](C(C)C)C2)n1. The Morgan fingerprint density at radius 2 is 2.09 bits per heavy atom. The van der Waals surface area contributed by atoms with Crippen molar-refractivity contribution in [3.05, 3.63) is 23.4 Å². The van der Waals surface area contributed by atoms with Crippen LogP contribution < -0.4 is 9.62 Å². The Bertz CT molecular complexity index is 694. The summed E-state index contributed by atoms with van der Waals surface area (Å²) in [7, 11) is -3.27. The predicted molar refractivity (Wildman–Crippen MR) is 86.0 cm³/mol. The van der Waals surface area contributed by atoms with E-state index in [-0.39, 0.29) is 12.0 Å². The average Bonchev–Trinajstić information content (AvgIpc) is 2.80. The van der Waals surface area contributed by atoms with E-state index in [1.807, 2.05) is 17.9 Å². The average molecular weight is 322 g/mol. The van der Waals surface area contributed by atoms with E-state index < -0.39 is 10.0 Å². The van der Waals surface area contributed by atoms with Gasteiger partial charge >= 0.3 is 0 Å². The molecule has 2 heterocycles. The highest BCUT2D eigenvalue weighted by Crippen LogP contribution is 2.30. The predicted octanol–water partition coefficient (Wildman–Crippen LogP) is 1.27. The zero-order valence-electron chi connectivity index (χ0n) is 13.4. The second-order valence-corrected chi connectivity index (χ2v) is 8.03. The number of pyridine rings is 1. The Balaban J connectivity index is 2.32. The molecule has 0 amide bonds. The molecule has 0 unspecified atom stereocenters. The van der Waals surface area contributed by atoms with E-state index in [4.69, 9.17) is 0 Å². The van der Waals surface area contributed by atoms with Gasteiger partial charge in [-0.1, -0.05) is 13.8 Å². The molecule has 0 spiro atoms. The van der Waals surface area contributed by atoms with Crippen LogP contribution in [0.3, 0.4) is 0 Å². The van der Waals surface area contributed by atoms with E-state index in [9.17, 15) is 13.7 Å². The van der Waals surface area contributed by atoms with Gasteiger partial charge in [-0.3, -0.25) is 0 Å². The number of rotatable bonds is 4. The van der Waals surface area contributed by atoms with Crippen LogP contribution in [0.4, 0.5) is 5.82 Å². The van der Waals surface area contributed by atoms with Gasteiger partial charge in [-0.15, -0.1) is 0 Å². The summed E-state index contributed by atoms with van der Waals surface area (Å²) in [4.78, 5) is 6.49. The summed E-state index contributed by atoms with van der Waals surface area (Å²) in [6, 6.07) is 5.57. The van der Waals surface area contributed by atoms with E-state index in [1.54, 1.807) is 6.07 Å². The molecule has 22 heavy (non-hydrogen) atoms. The lowest BCUT2D eigenvalue weighted by molar-refractivity contribution is 0.365. The molecule has 1 saturated heterocycles. The smallest absolute Gasteiger partial charge is 0.209 e. The van der Waals surface area contributed by atoms with Crippen LogP contribution in [0.15, 0.2) is 12.1 Å². The monoisotopic (exact) mass is 322 g/mol. The van der Waals surface area contributed by atoms with Crippen LogP contribution in [-0.2, 0) is 10.0 Å². The molecule has 1 aromatic rings. The van der Waals surface area contributed by atoms with Crippen LogP contribution in [0.2, 0.25) is 0 Å². The van der Waals surface area contributed by atoms with Gasteiger partial charge in [0.25, 0.3) is 0 Å². The Kier molecular flexibility index (Phi) is 4.73. The molecule has 2 rings (SSSR count). The third-order valence-corrected chi connectivity index (χ3v) is 4.75. The fourth-order valence-electron chi connectivity index (χ4n) is 2.95. The van der Waals surface area contributed by atoms with Crippen LogP contribution in [-0.4, -0.2) is 38.8 Å². The van der Waals surface area contributed by atoms with Crippen molar-refractivity contribution in [1.82, 2.24) is 9.71 Å². The Labute approximate surface area is 132 Å². The first-order valence-electron chi connectivity index (χ1n) is 7.31. The Hall–Kier alpha value is -1.65. The molecule has 1 aliphatic rings. The van der Waals surface area contributed by atoms with Crippen molar-refractivity contribution in [3.8, 4) is 6.07 Å². The lowest BCUT2D eigenvalue weighted by Gasteiger charge is -2.21. The molecule has 0 bridgehead atoms. The van der Waals surface area contributed by atoms with Crippen molar-refractivity contribution in [2.45, 2.75) is 26.8 Å². The van der Waals surface area contributed by atoms with Gasteiger partial charge in [-0.2, -0.15) is 5.26 Å². The van der Waals surface area contributed by atoms with Gasteiger partial charge in [-0.25, -0.2) is 18.1 Å². The zero-order chi connectivity index (χ0) is 16.5. The lowest BCUT2D eigenvalue weighted by Crippen LogP contribution is -2.41. The Morgan fingerprint density at radius 1 is 1.41 bits per heavy atom. The summed E-state index contributed by atoms with van der Waals surface area (Å²) in [6.07, 6.45) is 1.18. The number of sulfonamides is 1. The molecule has 1 aromatic heterocycles. The molecule has 0 radical (unpaired) electrons. The van der Waals surface area contributed by atoms with Gasteiger partial charge in [-0.05, 0) is 30.9 Å². The number of anilines is 1. The van der Waals surface area contributed by atoms with E-state index >= 15 is 0 Å². The fraction of sp³-hybridized carbons (Fsp3) is 0.600. The molecular weight excluding hydrogens is 300 g/mol. The van der Waals surface area contributed by atoms with E-state index in [0.29, 0.717) is 30.4 Å². The van der Waals surface area contributed by atoms with Gasteiger partial charge in [0.15, 0.2) is 0 Å². The number of nitrogens with one attached hydrogen (secondary N) is 1. The van der Waals surface area contributed by atoms with Gasteiger partial charge in [0.1, 0.15) is 11.9 Å². The number of aromatic nitrogens is 1. The van der Waals surface area contributed by atoms with Crippen molar-refractivity contribution in [2.24, 2.45) is 11.8 Å². The molecule has 7 heteroatoms. The van der Waals surface area contributed by atoms with Crippen molar-refractivity contribution in [3.63, 3.8) is 0 Å². The summed E-state index contributed by atoms with van der Waals surface area (Å²) >= 11 is 0. The van der Waals surface area contributed by atoms with Crippen LogP contribution in [0, 0.1) is 30.1 Å². The molecule has 0 aromatic carbocycles. The first-order chi connectivity index (χ1) is 10.2. The van der Waals surface area contributed by atoms with Crippen LogP contribution in [0.5, 0.6) is 0 Å². The lowest BCUT2D eigenvalue weighted by atomic mass is 9.92. The van der Waals surface area contributed by atoms with Gasteiger partial charge < -0.3 is 4.90 Å². The number of nitriles is 1. The van der Waals surface area contributed by atoms with Gasteiger partial charge in [0, 0.05) is 24.8 Å². The van der Waals surface area contributed by atoms with Gasteiger partial charge in [0.2, 0.25) is 10.0 Å². The first-order valence-corrected chi connectivity index (χ1v) is 9.20. The van der Waals surface area contributed by atoms with Crippen LogP contribution >= 0.6 is 0 Å². The molecule has 6 nitrogen and oxygen atoms in total. The summed E-state index contributed by atoms with van der Waals surface area (Å²) in [5.74, 6) is 1.16. The standard InChI is InChI=1S/C15H22N4O2S/c1-10(2)13-8-19(9-14(13)18-22(4,20)21)15-12(7-16)6-5-11(3)17-15/h5-6,10,13-14,18H,8-9H2,1-4H3/t13-,14+/m0/s1. The first kappa shape index (κ1) is 16.7. The minimum absolute atomic E-state index is 0.163. The normalized spacial score (nSPS) is 22.1. The molecule has 1 N–H and O–H groups in total. The summed E-state index contributed by atoms with van der Waals surface area (Å²) in [5.41, 5.74) is 1.36. The number of nitrogens with zero attached hydrogens (tertiary/aromatic N) is 3. The van der Waals surface area contributed by atoms with Crippen molar-refractivity contribution < 1.29 is 8.42 Å². The highest BCUT2D eigenvalue weighted by atomic mass is 32.2. The van der Waals surface area contributed by atoms with E-state index in [1.165, 1.54) is 6.26 Å². The third-order valence-electron chi connectivity index (χ3n) is 4.02. The molecule has 0 saturated carbocycles. The van der Waals surface area contributed by atoms with E-state index in [2.05, 4.69) is 29.6 Å². The van der Waals surface area contributed by atoms with Crippen LogP contribution in [0.1, 0.15) is 25.1 Å². The largest absolute Gasteiger partial charge is 0.354 e. The molecule has 0 aliphatic carbocycles. The second-order valence-electron chi connectivity index (χ2n) is 6.24. The highest BCUT2D eigenvalue weighted by Gasteiger charge is 2.37. The molecular formula is C15H22N4O2S.